The van der Waals surface area contributed by atoms with E-state index in [0.717, 1.165) is 45.9 Å². The number of aromatic nitrogens is 1. The number of nitrogens with one attached hydrogen (secondary N) is 3. The molecule has 0 spiro atoms. The summed E-state index contributed by atoms with van der Waals surface area (Å²) in [5.74, 6) is -0.138. The van der Waals surface area contributed by atoms with Crippen LogP contribution in [-0.2, 0) is 6.42 Å². The molecule has 1 aromatic carbocycles. The minimum absolute atomic E-state index is 0.138. The van der Waals surface area contributed by atoms with Crippen molar-refractivity contribution in [1.82, 2.24) is 10.4 Å². The van der Waals surface area contributed by atoms with Crippen molar-refractivity contribution in [2.45, 2.75) is 19.3 Å². The molecule has 0 saturated heterocycles. The lowest BCUT2D eigenvalue weighted by molar-refractivity contribution is 0.811. The first-order chi connectivity index (χ1) is 9.15. The molecule has 0 bridgehead atoms. The number of fused-ring (bicyclic) bond motifs is 3. The minimum Gasteiger partial charge on any atom is -0.369 e. The zero-order valence-corrected chi connectivity index (χ0v) is 11.8. The number of aryl methyl sites for hydroxylation is 1. The fourth-order valence-electron chi connectivity index (χ4n) is 2.53. The van der Waals surface area contributed by atoms with Gasteiger partial charge >= 0.3 is 0 Å². The Kier molecular flexibility index (Phi) is 3.02. The lowest BCUT2D eigenvalue weighted by Crippen LogP contribution is -2.27. The molecule has 98 valence electrons. The van der Waals surface area contributed by atoms with Gasteiger partial charge in [-0.2, -0.15) is 5.10 Å². The molecule has 1 aromatic heterocycles. The quantitative estimate of drug-likeness (QED) is 0.369. The summed E-state index contributed by atoms with van der Waals surface area (Å²) in [7, 11) is 0. The second-order valence-electron chi connectivity index (χ2n) is 4.61. The van der Waals surface area contributed by atoms with Gasteiger partial charge in [-0.3, -0.25) is 5.41 Å². The van der Waals surface area contributed by atoms with Crippen LogP contribution in [0, 0.1) is 5.41 Å². The summed E-state index contributed by atoms with van der Waals surface area (Å²) >= 11 is 3.50. The normalized spacial score (nSPS) is 16.6. The highest BCUT2D eigenvalue weighted by atomic mass is 79.9. The molecule has 1 aliphatic carbocycles. The number of guanidine groups is 1. The van der Waals surface area contributed by atoms with E-state index in [0.29, 0.717) is 0 Å². The van der Waals surface area contributed by atoms with Crippen molar-refractivity contribution in [3.63, 3.8) is 0 Å². The maximum Gasteiger partial charge on any atom is 0.206 e. The summed E-state index contributed by atoms with van der Waals surface area (Å²) in [5, 5.41) is 12.6. The summed E-state index contributed by atoms with van der Waals surface area (Å²) < 4.78 is 1.05. The molecule has 3 rings (SSSR count). The van der Waals surface area contributed by atoms with Crippen molar-refractivity contribution < 1.29 is 0 Å². The molecular weight excluding hydrogens is 306 g/mol. The Balaban J connectivity index is 2.16. The molecule has 5 nitrogen and oxygen atoms in total. The third kappa shape index (κ3) is 2.23. The van der Waals surface area contributed by atoms with Crippen molar-refractivity contribution in [1.29, 1.82) is 5.41 Å². The summed E-state index contributed by atoms with van der Waals surface area (Å²) in [6.45, 7) is 0. The summed E-state index contributed by atoms with van der Waals surface area (Å²) in [4.78, 5) is 3.45. The Hall–Kier alpha value is -1.82. The number of rotatable bonds is 1. The molecule has 6 heteroatoms. The van der Waals surface area contributed by atoms with E-state index < -0.39 is 0 Å². The van der Waals surface area contributed by atoms with Crippen LogP contribution in [0.3, 0.4) is 0 Å². The van der Waals surface area contributed by atoms with E-state index >= 15 is 0 Å². The van der Waals surface area contributed by atoms with E-state index in [1.54, 1.807) is 0 Å². The Labute approximate surface area is 118 Å². The Morgan fingerprint density at radius 3 is 3.05 bits per heavy atom. The van der Waals surface area contributed by atoms with Gasteiger partial charge in [0.2, 0.25) is 5.96 Å². The Bertz CT molecular complexity index is 686. The van der Waals surface area contributed by atoms with Crippen molar-refractivity contribution in [2.24, 2.45) is 10.8 Å². The van der Waals surface area contributed by atoms with Crippen LogP contribution >= 0.6 is 15.9 Å². The number of halogens is 1. The van der Waals surface area contributed by atoms with Gasteiger partial charge in [0.05, 0.1) is 5.71 Å². The predicted octanol–water partition coefficient (Wildman–Crippen LogP) is 2.45. The third-order valence-corrected chi connectivity index (χ3v) is 3.77. The average Bonchev–Trinajstić information content (AvgIpc) is 2.74. The highest BCUT2D eigenvalue weighted by Gasteiger charge is 2.21. The molecule has 5 N–H and O–H groups in total. The van der Waals surface area contributed by atoms with Gasteiger partial charge in [0.25, 0.3) is 0 Å². The highest BCUT2D eigenvalue weighted by Crippen LogP contribution is 2.31. The van der Waals surface area contributed by atoms with Crippen molar-refractivity contribution in [3.8, 4) is 0 Å². The fourth-order valence-corrected chi connectivity index (χ4v) is 2.90. The van der Waals surface area contributed by atoms with E-state index in [4.69, 9.17) is 11.1 Å². The molecule has 19 heavy (non-hydrogen) atoms. The lowest BCUT2D eigenvalue weighted by atomic mass is 9.94. The summed E-state index contributed by atoms with van der Waals surface area (Å²) in [6, 6.07) is 6.18. The number of H-pyrrole nitrogens is 1. The van der Waals surface area contributed by atoms with Gasteiger partial charge in [0, 0.05) is 26.6 Å². The molecule has 0 fully saturated rings. The number of aromatic amines is 1. The number of hydrazone groups is 1. The van der Waals surface area contributed by atoms with Crippen molar-refractivity contribution >= 4 is 38.5 Å². The molecule has 0 saturated carbocycles. The van der Waals surface area contributed by atoms with Gasteiger partial charge in [-0.05, 0) is 37.5 Å². The number of hydrogen-bond donors (Lipinski definition) is 4. The Morgan fingerprint density at radius 1 is 1.42 bits per heavy atom. The maximum atomic E-state index is 7.20. The van der Waals surface area contributed by atoms with Gasteiger partial charge in [0.15, 0.2) is 0 Å². The predicted molar refractivity (Wildman–Crippen MR) is 80.5 cm³/mol. The first kappa shape index (κ1) is 12.2. The van der Waals surface area contributed by atoms with Gasteiger partial charge < -0.3 is 10.7 Å². The molecule has 0 aliphatic heterocycles. The number of hydrogen-bond acceptors (Lipinski definition) is 2. The number of nitrogens with two attached hydrogens (primary N) is 1. The molecular formula is C13H14BrN5. The van der Waals surface area contributed by atoms with Crippen LogP contribution in [-0.4, -0.2) is 16.7 Å². The van der Waals surface area contributed by atoms with Gasteiger partial charge in [-0.15, -0.1) is 0 Å². The maximum absolute atomic E-state index is 7.20. The molecule has 0 atom stereocenters. The fraction of sp³-hybridized carbons (Fsp3) is 0.231. The largest absolute Gasteiger partial charge is 0.369 e. The van der Waals surface area contributed by atoms with Crippen LogP contribution < -0.4 is 11.2 Å². The second kappa shape index (κ2) is 4.70. The molecule has 0 amide bonds. The zero-order valence-electron chi connectivity index (χ0n) is 10.3. The standard InChI is InChI=1S/C13H14BrN5/c14-7-4-5-9-8(6-7)12-10(17-9)2-1-3-11(12)18-19-13(15)16/h4-6,17H,1-3H2,(H4,15,16,19)/b18-11+. The van der Waals surface area contributed by atoms with Gasteiger partial charge in [-0.1, -0.05) is 15.9 Å². The average molecular weight is 320 g/mol. The first-order valence-electron chi connectivity index (χ1n) is 6.12. The van der Waals surface area contributed by atoms with E-state index in [2.05, 4.69) is 43.6 Å². The number of nitrogens with zero attached hydrogens (tertiary/aromatic N) is 1. The van der Waals surface area contributed by atoms with Gasteiger partial charge in [0.1, 0.15) is 0 Å². The summed E-state index contributed by atoms with van der Waals surface area (Å²) in [5.41, 5.74) is 12.3. The van der Waals surface area contributed by atoms with E-state index in [9.17, 15) is 0 Å². The molecule has 2 aromatic rings. The molecule has 1 heterocycles. The SMILES string of the molecule is N=C(N)N/N=C1\CCCc2[nH]c3ccc(Br)cc3c21. The second-order valence-corrected chi connectivity index (χ2v) is 5.52. The lowest BCUT2D eigenvalue weighted by Gasteiger charge is -2.14. The monoisotopic (exact) mass is 319 g/mol. The van der Waals surface area contributed by atoms with Crippen LogP contribution in [0.2, 0.25) is 0 Å². The Morgan fingerprint density at radius 2 is 2.26 bits per heavy atom. The van der Waals surface area contributed by atoms with Crippen LogP contribution in [0.25, 0.3) is 10.9 Å². The molecule has 1 aliphatic rings. The number of benzene rings is 1. The van der Waals surface area contributed by atoms with Crippen LogP contribution in [0.1, 0.15) is 24.1 Å². The van der Waals surface area contributed by atoms with E-state index in [-0.39, 0.29) is 5.96 Å². The highest BCUT2D eigenvalue weighted by molar-refractivity contribution is 9.10. The summed E-state index contributed by atoms with van der Waals surface area (Å²) in [6.07, 6.45) is 2.98. The zero-order chi connectivity index (χ0) is 13.4. The van der Waals surface area contributed by atoms with Crippen LogP contribution in [0.15, 0.2) is 27.8 Å². The van der Waals surface area contributed by atoms with E-state index in [1.165, 1.54) is 5.69 Å². The van der Waals surface area contributed by atoms with Crippen LogP contribution in [0.5, 0.6) is 0 Å². The van der Waals surface area contributed by atoms with Crippen molar-refractivity contribution in [3.05, 3.63) is 33.9 Å². The van der Waals surface area contributed by atoms with Crippen LogP contribution in [0.4, 0.5) is 0 Å². The topological polar surface area (TPSA) is 90.1 Å². The molecule has 0 unspecified atom stereocenters. The van der Waals surface area contributed by atoms with E-state index in [1.807, 2.05) is 6.07 Å². The third-order valence-electron chi connectivity index (χ3n) is 3.28. The minimum atomic E-state index is -0.138. The molecule has 0 radical (unpaired) electrons. The van der Waals surface area contributed by atoms with Crippen molar-refractivity contribution in [2.75, 3.05) is 0 Å². The smallest absolute Gasteiger partial charge is 0.206 e. The first-order valence-corrected chi connectivity index (χ1v) is 6.91. The van der Waals surface area contributed by atoms with Gasteiger partial charge in [-0.25, -0.2) is 5.43 Å².